The zero-order valence-corrected chi connectivity index (χ0v) is 27.2. The smallest absolute Gasteiger partial charge is 0.0542 e. The standard InChI is InChI=1S/C48H30N2/c1-2-16-37-35(14-1)36-15-3-4-17-38(36)43-29-32(24-26-39(37)43)31-12-11-13-33(28-31)49-47-23-10-7-20-42(47)44-30-34(25-27-48(44)49)50-45-21-8-5-18-40(45)41-19-6-9-22-46(41)50/h1-30H. The SMILES string of the molecule is c1cc(-c2ccc3c4ccccc4c4ccccc4c3c2)cc(-n2c3ccccc3c3cc(-n4c5ccccc5c5ccccc54)ccc32)c1. The van der Waals surface area contributed by atoms with Crippen LogP contribution >= 0.6 is 0 Å². The van der Waals surface area contributed by atoms with Gasteiger partial charge in [0.25, 0.3) is 0 Å². The zero-order chi connectivity index (χ0) is 32.8. The van der Waals surface area contributed by atoms with E-state index >= 15 is 0 Å². The maximum atomic E-state index is 2.42. The van der Waals surface area contributed by atoms with Crippen molar-refractivity contribution in [3.63, 3.8) is 0 Å². The Hall–Kier alpha value is -6.64. The topological polar surface area (TPSA) is 9.86 Å². The molecule has 0 aliphatic rings. The molecule has 0 aliphatic heterocycles. The summed E-state index contributed by atoms with van der Waals surface area (Å²) in [6.07, 6.45) is 0. The summed E-state index contributed by atoms with van der Waals surface area (Å²) in [5.41, 5.74) is 9.59. The molecular formula is C48H30N2. The molecule has 0 radical (unpaired) electrons. The molecule has 0 saturated heterocycles. The molecule has 9 aromatic carbocycles. The van der Waals surface area contributed by atoms with Gasteiger partial charge < -0.3 is 9.13 Å². The average Bonchev–Trinajstić information content (AvgIpc) is 3.70. The van der Waals surface area contributed by atoms with E-state index in [1.807, 2.05) is 0 Å². The summed E-state index contributed by atoms with van der Waals surface area (Å²) in [4.78, 5) is 0. The molecule has 232 valence electrons. The van der Waals surface area contributed by atoms with Gasteiger partial charge in [0.05, 0.1) is 22.1 Å². The fraction of sp³-hybridized carbons (Fsp3) is 0. The quantitative estimate of drug-likeness (QED) is 0.171. The maximum absolute atomic E-state index is 2.42. The molecule has 2 aromatic heterocycles. The molecule has 2 nitrogen and oxygen atoms in total. The first-order valence-corrected chi connectivity index (χ1v) is 17.3. The summed E-state index contributed by atoms with van der Waals surface area (Å²) >= 11 is 0. The van der Waals surface area contributed by atoms with Crippen LogP contribution < -0.4 is 0 Å². The summed E-state index contributed by atoms with van der Waals surface area (Å²) in [5.74, 6) is 0. The molecule has 0 spiro atoms. The van der Waals surface area contributed by atoms with E-state index in [9.17, 15) is 0 Å². The Bertz CT molecular complexity index is 3070. The van der Waals surface area contributed by atoms with Gasteiger partial charge >= 0.3 is 0 Å². The van der Waals surface area contributed by atoms with Crippen molar-refractivity contribution in [1.82, 2.24) is 9.13 Å². The van der Waals surface area contributed by atoms with Gasteiger partial charge in [-0.05, 0) is 98.0 Å². The van der Waals surface area contributed by atoms with Crippen LogP contribution in [0.15, 0.2) is 182 Å². The minimum Gasteiger partial charge on any atom is -0.309 e. The molecule has 2 heterocycles. The number of hydrogen-bond donors (Lipinski definition) is 0. The number of benzene rings is 9. The monoisotopic (exact) mass is 634 g/mol. The number of rotatable bonds is 3. The summed E-state index contributed by atoms with van der Waals surface area (Å²) in [7, 11) is 0. The fourth-order valence-corrected chi connectivity index (χ4v) is 8.49. The molecular weight excluding hydrogens is 605 g/mol. The summed E-state index contributed by atoms with van der Waals surface area (Å²) in [5, 5.41) is 12.8. The minimum atomic E-state index is 1.15. The highest BCUT2D eigenvalue weighted by atomic mass is 15.0. The van der Waals surface area contributed by atoms with Crippen molar-refractivity contribution in [1.29, 1.82) is 0 Å². The van der Waals surface area contributed by atoms with E-state index in [4.69, 9.17) is 0 Å². The lowest BCUT2D eigenvalue weighted by Crippen LogP contribution is -1.96. The van der Waals surface area contributed by atoms with Gasteiger partial charge in [-0.3, -0.25) is 0 Å². The number of hydrogen-bond acceptors (Lipinski definition) is 0. The molecule has 0 bridgehead atoms. The first-order chi connectivity index (χ1) is 24.8. The first-order valence-electron chi connectivity index (χ1n) is 17.3. The van der Waals surface area contributed by atoms with E-state index in [1.165, 1.54) is 92.7 Å². The third-order valence-electron chi connectivity index (χ3n) is 10.7. The van der Waals surface area contributed by atoms with Crippen LogP contribution in [0.25, 0.3) is 98.4 Å². The van der Waals surface area contributed by atoms with Crippen molar-refractivity contribution >= 4 is 75.9 Å². The fourth-order valence-electron chi connectivity index (χ4n) is 8.49. The highest BCUT2D eigenvalue weighted by molar-refractivity contribution is 6.25. The first kappa shape index (κ1) is 27.3. The van der Waals surface area contributed by atoms with Crippen molar-refractivity contribution in [2.45, 2.75) is 0 Å². The normalized spacial score (nSPS) is 12.0. The molecule has 0 unspecified atom stereocenters. The number of para-hydroxylation sites is 3. The molecule has 11 rings (SSSR count). The average molecular weight is 635 g/mol. The number of aromatic nitrogens is 2. The zero-order valence-electron chi connectivity index (χ0n) is 27.2. The Kier molecular flexibility index (Phi) is 5.70. The predicted octanol–water partition coefficient (Wildman–Crippen LogP) is 13.0. The molecule has 0 atom stereocenters. The van der Waals surface area contributed by atoms with Crippen LogP contribution in [0.1, 0.15) is 0 Å². The van der Waals surface area contributed by atoms with Crippen LogP contribution in [0.5, 0.6) is 0 Å². The Labute approximate surface area is 288 Å². The molecule has 0 fully saturated rings. The molecule has 0 saturated carbocycles. The highest BCUT2D eigenvalue weighted by Gasteiger charge is 2.17. The van der Waals surface area contributed by atoms with E-state index in [0.29, 0.717) is 0 Å². The minimum absolute atomic E-state index is 1.15. The van der Waals surface area contributed by atoms with Gasteiger partial charge in [0.15, 0.2) is 0 Å². The second-order valence-electron chi connectivity index (χ2n) is 13.3. The molecule has 0 amide bonds. The van der Waals surface area contributed by atoms with Crippen molar-refractivity contribution in [2.75, 3.05) is 0 Å². The van der Waals surface area contributed by atoms with Crippen LogP contribution in [-0.2, 0) is 0 Å². The lowest BCUT2D eigenvalue weighted by Gasteiger charge is -2.13. The largest absolute Gasteiger partial charge is 0.309 e. The third kappa shape index (κ3) is 3.85. The Morgan fingerprint density at radius 3 is 1.22 bits per heavy atom. The summed E-state index contributed by atoms with van der Waals surface area (Å²) in [6, 6.07) is 66.8. The number of fused-ring (bicyclic) bond motifs is 12. The molecule has 2 heteroatoms. The van der Waals surface area contributed by atoms with E-state index in [1.54, 1.807) is 0 Å². The predicted molar refractivity (Wildman–Crippen MR) is 213 cm³/mol. The van der Waals surface area contributed by atoms with Gasteiger partial charge in [-0.1, -0.05) is 127 Å². The Morgan fingerprint density at radius 2 is 0.640 bits per heavy atom. The van der Waals surface area contributed by atoms with Crippen LogP contribution in [0.4, 0.5) is 0 Å². The molecule has 0 N–H and O–H groups in total. The molecule has 11 aromatic rings. The molecule has 50 heavy (non-hydrogen) atoms. The van der Waals surface area contributed by atoms with Gasteiger partial charge in [-0.25, -0.2) is 0 Å². The van der Waals surface area contributed by atoms with E-state index in [2.05, 4.69) is 191 Å². The molecule has 0 aliphatic carbocycles. The van der Waals surface area contributed by atoms with Crippen molar-refractivity contribution in [3.05, 3.63) is 182 Å². The van der Waals surface area contributed by atoms with Crippen molar-refractivity contribution < 1.29 is 0 Å². The van der Waals surface area contributed by atoms with Crippen LogP contribution in [0, 0.1) is 0 Å². The maximum Gasteiger partial charge on any atom is 0.0542 e. The van der Waals surface area contributed by atoms with Crippen LogP contribution in [0.3, 0.4) is 0 Å². The Balaban J connectivity index is 1.11. The van der Waals surface area contributed by atoms with E-state index in [-0.39, 0.29) is 0 Å². The summed E-state index contributed by atoms with van der Waals surface area (Å²) in [6.45, 7) is 0. The van der Waals surface area contributed by atoms with Crippen LogP contribution in [0.2, 0.25) is 0 Å². The third-order valence-corrected chi connectivity index (χ3v) is 10.7. The van der Waals surface area contributed by atoms with Crippen LogP contribution in [-0.4, -0.2) is 9.13 Å². The van der Waals surface area contributed by atoms with E-state index in [0.717, 1.165) is 5.69 Å². The van der Waals surface area contributed by atoms with Gasteiger partial charge in [0, 0.05) is 32.9 Å². The van der Waals surface area contributed by atoms with E-state index < -0.39 is 0 Å². The number of nitrogens with zero attached hydrogens (tertiary/aromatic N) is 2. The van der Waals surface area contributed by atoms with Gasteiger partial charge in [-0.15, -0.1) is 0 Å². The Morgan fingerprint density at radius 1 is 0.220 bits per heavy atom. The second kappa shape index (κ2) is 10.4. The van der Waals surface area contributed by atoms with Gasteiger partial charge in [-0.2, -0.15) is 0 Å². The van der Waals surface area contributed by atoms with Crippen molar-refractivity contribution in [3.8, 4) is 22.5 Å². The lowest BCUT2D eigenvalue weighted by molar-refractivity contribution is 1.17. The second-order valence-corrected chi connectivity index (χ2v) is 13.3. The van der Waals surface area contributed by atoms with Gasteiger partial charge in [0.1, 0.15) is 0 Å². The summed E-state index contributed by atoms with van der Waals surface area (Å²) < 4.78 is 4.83. The highest BCUT2D eigenvalue weighted by Crippen LogP contribution is 2.39. The lowest BCUT2D eigenvalue weighted by atomic mass is 9.92. The van der Waals surface area contributed by atoms with Gasteiger partial charge in [0.2, 0.25) is 0 Å². The van der Waals surface area contributed by atoms with Crippen molar-refractivity contribution in [2.24, 2.45) is 0 Å².